The van der Waals surface area contributed by atoms with Crippen LogP contribution >= 0.6 is 11.6 Å². The number of pyridine rings is 1. The minimum absolute atomic E-state index is 0.172. The van der Waals surface area contributed by atoms with Crippen LogP contribution in [0.4, 0.5) is 10.5 Å². The molecule has 1 aromatic carbocycles. The molecule has 0 fully saturated rings. The van der Waals surface area contributed by atoms with Gasteiger partial charge in [-0.3, -0.25) is 9.78 Å². The summed E-state index contributed by atoms with van der Waals surface area (Å²) in [5.74, 6) is 0.121. The van der Waals surface area contributed by atoms with Crippen molar-refractivity contribution in [1.29, 1.82) is 0 Å². The van der Waals surface area contributed by atoms with Crippen molar-refractivity contribution >= 4 is 29.2 Å². The number of carbonyl (C=O) groups excluding carboxylic acids is 2. The molecule has 0 spiro atoms. The first-order chi connectivity index (χ1) is 12.4. The van der Waals surface area contributed by atoms with E-state index in [1.165, 1.54) is 0 Å². The number of halogens is 1. The molecule has 0 aliphatic heterocycles. The van der Waals surface area contributed by atoms with Gasteiger partial charge in [0.25, 0.3) is 5.91 Å². The van der Waals surface area contributed by atoms with E-state index in [0.29, 0.717) is 23.7 Å². The molecule has 138 valence electrons. The smallest absolute Gasteiger partial charge is 0.319 e. The number of rotatable bonds is 6. The molecule has 1 atom stereocenters. The van der Waals surface area contributed by atoms with Gasteiger partial charge in [-0.15, -0.1) is 0 Å². The van der Waals surface area contributed by atoms with Crippen LogP contribution in [0.3, 0.4) is 0 Å². The van der Waals surface area contributed by atoms with Gasteiger partial charge in [0.15, 0.2) is 0 Å². The van der Waals surface area contributed by atoms with Crippen LogP contribution < -0.4 is 16.0 Å². The molecular weight excluding hydrogens is 352 g/mol. The van der Waals surface area contributed by atoms with Gasteiger partial charge in [-0.05, 0) is 48.7 Å². The third-order valence-electron chi connectivity index (χ3n) is 3.70. The van der Waals surface area contributed by atoms with Crippen LogP contribution in [0.25, 0.3) is 0 Å². The van der Waals surface area contributed by atoms with Gasteiger partial charge in [0, 0.05) is 24.6 Å². The summed E-state index contributed by atoms with van der Waals surface area (Å²) in [4.78, 5) is 28.2. The molecule has 26 heavy (non-hydrogen) atoms. The number of carbonyl (C=O) groups is 2. The third-order valence-corrected chi connectivity index (χ3v) is 4.01. The van der Waals surface area contributed by atoms with Crippen LogP contribution in [0.1, 0.15) is 42.7 Å². The number of aromatic nitrogens is 1. The zero-order chi connectivity index (χ0) is 19.1. The van der Waals surface area contributed by atoms with Crippen LogP contribution in [0.5, 0.6) is 0 Å². The molecule has 6 nitrogen and oxygen atoms in total. The lowest BCUT2D eigenvalue weighted by Crippen LogP contribution is -2.31. The predicted molar refractivity (Wildman–Crippen MR) is 103 cm³/mol. The van der Waals surface area contributed by atoms with E-state index in [1.807, 2.05) is 32.9 Å². The highest BCUT2D eigenvalue weighted by Gasteiger charge is 2.13. The Morgan fingerprint density at radius 3 is 2.42 bits per heavy atom. The lowest BCUT2D eigenvalue weighted by atomic mass is 10.1. The number of amides is 3. The summed E-state index contributed by atoms with van der Waals surface area (Å²) in [6.45, 7) is 6.48. The van der Waals surface area contributed by atoms with Crippen molar-refractivity contribution in [1.82, 2.24) is 15.6 Å². The van der Waals surface area contributed by atoms with Gasteiger partial charge in [-0.2, -0.15) is 0 Å². The second-order valence-corrected chi connectivity index (χ2v) is 6.81. The fraction of sp³-hybridized carbons (Fsp3) is 0.316. The van der Waals surface area contributed by atoms with Crippen molar-refractivity contribution in [2.45, 2.75) is 26.8 Å². The van der Waals surface area contributed by atoms with Crippen molar-refractivity contribution < 1.29 is 9.59 Å². The first-order valence-electron chi connectivity index (χ1n) is 8.42. The van der Waals surface area contributed by atoms with E-state index < -0.39 is 0 Å². The van der Waals surface area contributed by atoms with Gasteiger partial charge < -0.3 is 16.0 Å². The Morgan fingerprint density at radius 1 is 1.12 bits per heavy atom. The van der Waals surface area contributed by atoms with E-state index in [4.69, 9.17) is 11.6 Å². The molecule has 3 amide bonds. The fourth-order valence-corrected chi connectivity index (χ4v) is 2.53. The maximum Gasteiger partial charge on any atom is 0.319 e. The van der Waals surface area contributed by atoms with Crippen LogP contribution in [-0.2, 0) is 0 Å². The number of urea groups is 1. The topological polar surface area (TPSA) is 83.1 Å². The number of anilines is 1. The summed E-state index contributed by atoms with van der Waals surface area (Å²) in [7, 11) is 0. The highest BCUT2D eigenvalue weighted by molar-refractivity contribution is 6.34. The first kappa shape index (κ1) is 19.7. The molecule has 1 unspecified atom stereocenters. The third kappa shape index (κ3) is 5.74. The zero-order valence-electron chi connectivity index (χ0n) is 15.0. The first-order valence-corrected chi connectivity index (χ1v) is 8.79. The van der Waals surface area contributed by atoms with Gasteiger partial charge >= 0.3 is 6.03 Å². The van der Waals surface area contributed by atoms with Crippen molar-refractivity contribution in [3.63, 3.8) is 0 Å². The van der Waals surface area contributed by atoms with E-state index in [-0.39, 0.29) is 23.0 Å². The Kier molecular flexibility index (Phi) is 6.97. The summed E-state index contributed by atoms with van der Waals surface area (Å²) in [5, 5.41) is 8.65. The van der Waals surface area contributed by atoms with E-state index in [9.17, 15) is 9.59 Å². The lowest BCUT2D eigenvalue weighted by Gasteiger charge is -2.15. The summed E-state index contributed by atoms with van der Waals surface area (Å²) in [6, 6.07) is 7.95. The maximum atomic E-state index is 12.1. The van der Waals surface area contributed by atoms with Gasteiger partial charge in [0.05, 0.1) is 16.6 Å². The monoisotopic (exact) mass is 374 g/mol. The molecule has 0 aliphatic rings. The number of nitrogens with zero attached hydrogens (tertiary/aromatic N) is 1. The molecule has 1 aromatic heterocycles. The number of benzene rings is 1. The highest BCUT2D eigenvalue weighted by atomic mass is 35.5. The molecule has 0 aliphatic carbocycles. The molecule has 0 saturated carbocycles. The van der Waals surface area contributed by atoms with Crippen LogP contribution in [0.2, 0.25) is 5.02 Å². The van der Waals surface area contributed by atoms with Crippen LogP contribution in [0.15, 0.2) is 42.7 Å². The minimum Gasteiger partial charge on any atom is -0.352 e. The van der Waals surface area contributed by atoms with Crippen LogP contribution in [-0.4, -0.2) is 23.5 Å². The van der Waals surface area contributed by atoms with Crippen molar-refractivity contribution in [2.75, 3.05) is 11.9 Å². The Bertz CT molecular complexity index is 765. The van der Waals surface area contributed by atoms with E-state index >= 15 is 0 Å². The Balaban J connectivity index is 1.96. The zero-order valence-corrected chi connectivity index (χ0v) is 15.8. The predicted octanol–water partition coefficient (Wildman–Crippen LogP) is 4.00. The standard InChI is InChI=1S/C19H23ClN4O2/c1-12(2)11-22-18(25)16-5-4-15(10-17(16)20)24-19(26)23-13(3)14-6-8-21-9-7-14/h4-10,12-13H,11H2,1-3H3,(H,22,25)(H2,23,24,26). The van der Waals surface area contributed by atoms with Gasteiger partial charge in [0.1, 0.15) is 0 Å². The highest BCUT2D eigenvalue weighted by Crippen LogP contribution is 2.21. The SMILES string of the molecule is CC(C)CNC(=O)c1ccc(NC(=O)NC(C)c2ccncc2)cc1Cl. The molecule has 2 aromatic rings. The molecule has 0 radical (unpaired) electrons. The molecule has 1 heterocycles. The minimum atomic E-state index is -0.359. The van der Waals surface area contributed by atoms with E-state index in [1.54, 1.807) is 30.6 Å². The lowest BCUT2D eigenvalue weighted by molar-refractivity contribution is 0.0949. The average Bonchev–Trinajstić information content (AvgIpc) is 2.60. The van der Waals surface area contributed by atoms with Crippen molar-refractivity contribution in [3.05, 3.63) is 58.9 Å². The van der Waals surface area contributed by atoms with Gasteiger partial charge in [0.2, 0.25) is 0 Å². The molecule has 2 rings (SSSR count). The van der Waals surface area contributed by atoms with Crippen molar-refractivity contribution in [3.8, 4) is 0 Å². The average molecular weight is 375 g/mol. The fourth-order valence-electron chi connectivity index (χ4n) is 2.27. The molecular formula is C19H23ClN4O2. The molecule has 3 N–H and O–H groups in total. The second kappa shape index (κ2) is 9.20. The quantitative estimate of drug-likeness (QED) is 0.714. The van der Waals surface area contributed by atoms with Gasteiger partial charge in [-0.25, -0.2) is 4.79 Å². The summed E-state index contributed by atoms with van der Waals surface area (Å²) in [5.41, 5.74) is 1.84. The number of nitrogens with one attached hydrogen (secondary N) is 3. The summed E-state index contributed by atoms with van der Waals surface area (Å²) in [6.07, 6.45) is 3.35. The Morgan fingerprint density at radius 2 is 1.81 bits per heavy atom. The maximum absolute atomic E-state index is 12.1. The van der Waals surface area contributed by atoms with E-state index in [2.05, 4.69) is 20.9 Å². The molecule has 7 heteroatoms. The number of hydrogen-bond donors (Lipinski definition) is 3. The van der Waals surface area contributed by atoms with Crippen LogP contribution in [0, 0.1) is 5.92 Å². The second-order valence-electron chi connectivity index (χ2n) is 6.40. The normalized spacial score (nSPS) is 11.7. The van der Waals surface area contributed by atoms with E-state index in [0.717, 1.165) is 5.56 Å². The number of hydrogen-bond acceptors (Lipinski definition) is 3. The Labute approximate surface area is 158 Å². The molecule has 0 bridgehead atoms. The summed E-state index contributed by atoms with van der Waals surface area (Å²) >= 11 is 6.19. The Hall–Kier alpha value is -2.60. The largest absolute Gasteiger partial charge is 0.352 e. The summed E-state index contributed by atoms with van der Waals surface area (Å²) < 4.78 is 0. The van der Waals surface area contributed by atoms with Crippen molar-refractivity contribution in [2.24, 2.45) is 5.92 Å². The molecule has 0 saturated heterocycles. The van der Waals surface area contributed by atoms with Gasteiger partial charge in [-0.1, -0.05) is 25.4 Å².